The summed E-state index contributed by atoms with van der Waals surface area (Å²) in [4.78, 5) is 14.3. The molecule has 2 heterocycles. The van der Waals surface area contributed by atoms with E-state index < -0.39 is 0 Å². The van der Waals surface area contributed by atoms with Crippen molar-refractivity contribution in [1.82, 2.24) is 14.5 Å². The maximum Gasteiger partial charge on any atom is 0.187 e. The van der Waals surface area contributed by atoms with E-state index in [1.54, 1.807) is 0 Å². The number of hydrogen-bond donors (Lipinski definition) is 0. The van der Waals surface area contributed by atoms with Crippen LogP contribution in [0.4, 0.5) is 5.69 Å². The van der Waals surface area contributed by atoms with Crippen LogP contribution in [0, 0.1) is 17.9 Å². The highest BCUT2D eigenvalue weighted by atomic mass is 15.0. The summed E-state index contributed by atoms with van der Waals surface area (Å²) in [6, 6.07) is 79.2. The van der Waals surface area contributed by atoms with Crippen LogP contribution in [-0.2, 0) is 0 Å². The smallest absolute Gasteiger partial charge is 0.187 e. The molecule has 2 aromatic heterocycles. The number of nitriles is 1. The first-order chi connectivity index (χ1) is 32.1. The maximum atomic E-state index is 10.3. The molecule has 0 unspecified atom stereocenters. The molecule has 5 heteroatoms. The van der Waals surface area contributed by atoms with Crippen molar-refractivity contribution in [2.75, 3.05) is 0 Å². The third kappa shape index (κ3) is 7.30. The predicted octanol–water partition coefficient (Wildman–Crippen LogP) is 15.7. The molecule has 0 amide bonds. The number of fused-ring (bicyclic) bond motifs is 3. The average Bonchev–Trinajstić information content (AvgIpc) is 3.71. The largest absolute Gasteiger partial charge is 0.308 e. The van der Waals surface area contributed by atoms with E-state index in [1.807, 2.05) is 97.1 Å². The fourth-order valence-corrected chi connectivity index (χ4v) is 8.92. The van der Waals surface area contributed by atoms with Gasteiger partial charge in [-0.25, -0.2) is 14.8 Å². The van der Waals surface area contributed by atoms with Crippen molar-refractivity contribution >= 4 is 27.5 Å². The van der Waals surface area contributed by atoms with Gasteiger partial charge in [0.15, 0.2) is 11.5 Å². The van der Waals surface area contributed by atoms with Crippen LogP contribution in [0.2, 0.25) is 0 Å². The molecule has 0 spiro atoms. The Balaban J connectivity index is 1.27. The highest BCUT2D eigenvalue weighted by molar-refractivity contribution is 6.13. The van der Waals surface area contributed by atoms with Gasteiger partial charge in [-0.1, -0.05) is 164 Å². The summed E-state index contributed by atoms with van der Waals surface area (Å²) in [5.74, 6) is 0.612. The lowest BCUT2D eigenvalue weighted by molar-refractivity contribution is 1.17. The SMILES string of the molecule is [C-]#[N+]c1cccc(-c2cc(-c3cc(-c4ccccc4)nc(-c4ccccc4)n3)cc(-c3cccc(C#N)c3)c2-n2c3ccc(-c4ccccc4)cc3c3cc(-c4ccccc4)ccc32)c1. The third-order valence-corrected chi connectivity index (χ3v) is 12.0. The van der Waals surface area contributed by atoms with Gasteiger partial charge in [-0.05, 0) is 94.0 Å². The van der Waals surface area contributed by atoms with E-state index in [0.717, 1.165) is 100 Å². The Morgan fingerprint density at radius 3 is 1.42 bits per heavy atom. The Bertz CT molecular complexity index is 3420. The lowest BCUT2D eigenvalue weighted by Gasteiger charge is -2.22. The Hall–Kier alpha value is -9.16. The molecule has 0 aliphatic rings. The average molecular weight is 828 g/mol. The van der Waals surface area contributed by atoms with Crippen LogP contribution in [0.15, 0.2) is 224 Å². The van der Waals surface area contributed by atoms with Crippen molar-refractivity contribution in [3.05, 3.63) is 241 Å². The summed E-state index contributed by atoms with van der Waals surface area (Å²) in [7, 11) is 0. The Morgan fingerprint density at radius 1 is 0.400 bits per heavy atom. The molecule has 0 radical (unpaired) electrons. The predicted molar refractivity (Wildman–Crippen MR) is 265 cm³/mol. The van der Waals surface area contributed by atoms with E-state index in [1.165, 1.54) is 0 Å². The highest BCUT2D eigenvalue weighted by Gasteiger charge is 2.24. The van der Waals surface area contributed by atoms with Gasteiger partial charge in [-0.3, -0.25) is 0 Å². The van der Waals surface area contributed by atoms with Crippen molar-refractivity contribution in [1.29, 1.82) is 5.26 Å². The van der Waals surface area contributed by atoms with Gasteiger partial charge in [-0.2, -0.15) is 5.26 Å². The van der Waals surface area contributed by atoms with E-state index in [9.17, 15) is 5.26 Å². The minimum Gasteiger partial charge on any atom is -0.308 e. The van der Waals surface area contributed by atoms with E-state index in [-0.39, 0.29) is 0 Å². The molecule has 11 aromatic rings. The molecular weight excluding hydrogens is 791 g/mol. The standard InChI is InChI=1S/C60H37N5/c1-62-50-27-15-26-48(33-50)52-37-49(56-38-55(43-21-10-4-11-22-43)63-60(64-56)44-23-12-5-13-24-44)36-51(47-25-14-16-40(32-47)39-61)59(52)65-57-30-28-45(41-17-6-2-7-18-41)34-53(57)54-35-46(29-31-58(54)65)42-19-8-3-9-20-42/h2-38H. The number of benzene rings is 9. The molecule has 0 aliphatic carbocycles. The molecule has 65 heavy (non-hydrogen) atoms. The number of nitrogens with zero attached hydrogens (tertiary/aromatic N) is 5. The van der Waals surface area contributed by atoms with Gasteiger partial charge in [-0.15, -0.1) is 0 Å². The second kappa shape index (κ2) is 16.6. The zero-order valence-corrected chi connectivity index (χ0v) is 35.1. The summed E-state index contributed by atoms with van der Waals surface area (Å²) < 4.78 is 2.37. The quantitative estimate of drug-likeness (QED) is 0.143. The molecule has 0 N–H and O–H groups in total. The molecule has 5 nitrogen and oxygen atoms in total. The van der Waals surface area contributed by atoms with Gasteiger partial charge in [0.1, 0.15) is 0 Å². The van der Waals surface area contributed by atoms with Crippen molar-refractivity contribution in [2.24, 2.45) is 0 Å². The Labute approximate surface area is 377 Å². The second-order valence-corrected chi connectivity index (χ2v) is 16.0. The molecule has 0 saturated heterocycles. The van der Waals surface area contributed by atoms with E-state index >= 15 is 0 Å². The lowest BCUT2D eigenvalue weighted by Crippen LogP contribution is -2.03. The van der Waals surface area contributed by atoms with Gasteiger partial charge in [0.2, 0.25) is 0 Å². The first kappa shape index (κ1) is 38.7. The molecule has 0 fully saturated rings. The van der Waals surface area contributed by atoms with Crippen LogP contribution in [0.25, 0.3) is 111 Å². The maximum absolute atomic E-state index is 10.3. The van der Waals surface area contributed by atoms with Crippen molar-refractivity contribution in [3.8, 4) is 90.2 Å². The normalized spacial score (nSPS) is 11.0. The molecule has 9 aromatic carbocycles. The van der Waals surface area contributed by atoms with Crippen LogP contribution in [-0.4, -0.2) is 14.5 Å². The molecule has 0 atom stereocenters. The summed E-state index contributed by atoms with van der Waals surface area (Å²) >= 11 is 0. The molecule has 11 rings (SSSR count). The van der Waals surface area contributed by atoms with E-state index in [4.69, 9.17) is 16.5 Å². The van der Waals surface area contributed by atoms with Crippen LogP contribution in [0.3, 0.4) is 0 Å². The molecule has 0 aliphatic heterocycles. The van der Waals surface area contributed by atoms with E-state index in [0.29, 0.717) is 17.1 Å². The fourth-order valence-electron chi connectivity index (χ4n) is 8.92. The van der Waals surface area contributed by atoms with Crippen LogP contribution in [0.5, 0.6) is 0 Å². The van der Waals surface area contributed by atoms with Gasteiger partial charge < -0.3 is 4.57 Å². The monoisotopic (exact) mass is 827 g/mol. The summed E-state index contributed by atoms with van der Waals surface area (Å²) in [6.07, 6.45) is 0. The van der Waals surface area contributed by atoms with Crippen molar-refractivity contribution in [2.45, 2.75) is 0 Å². The van der Waals surface area contributed by atoms with Gasteiger partial charge in [0.25, 0.3) is 0 Å². The number of aromatic nitrogens is 3. The topological polar surface area (TPSA) is 58.9 Å². The number of rotatable bonds is 8. The number of hydrogen-bond acceptors (Lipinski definition) is 3. The Kier molecular flexibility index (Phi) is 9.90. The van der Waals surface area contributed by atoms with Crippen LogP contribution >= 0.6 is 0 Å². The first-order valence-electron chi connectivity index (χ1n) is 21.5. The third-order valence-electron chi connectivity index (χ3n) is 12.0. The van der Waals surface area contributed by atoms with Crippen molar-refractivity contribution in [3.63, 3.8) is 0 Å². The molecule has 0 saturated carbocycles. The van der Waals surface area contributed by atoms with Crippen molar-refractivity contribution < 1.29 is 0 Å². The summed E-state index contributed by atoms with van der Waals surface area (Å²) in [5.41, 5.74) is 16.4. The zero-order chi connectivity index (χ0) is 43.7. The minimum atomic E-state index is 0.536. The Morgan fingerprint density at radius 2 is 0.877 bits per heavy atom. The first-order valence-corrected chi connectivity index (χ1v) is 21.5. The fraction of sp³-hybridized carbons (Fsp3) is 0. The molecular formula is C60H37N5. The zero-order valence-electron chi connectivity index (χ0n) is 35.1. The van der Waals surface area contributed by atoms with E-state index in [2.05, 4.69) is 143 Å². The van der Waals surface area contributed by atoms with Gasteiger partial charge in [0.05, 0.1) is 46.3 Å². The summed E-state index contributed by atoms with van der Waals surface area (Å²) in [5, 5.41) is 12.5. The minimum absolute atomic E-state index is 0.536. The van der Waals surface area contributed by atoms with Crippen LogP contribution in [0.1, 0.15) is 5.56 Å². The lowest BCUT2D eigenvalue weighted by atomic mass is 9.91. The summed E-state index contributed by atoms with van der Waals surface area (Å²) in [6.45, 7) is 8.07. The molecule has 0 bridgehead atoms. The van der Waals surface area contributed by atoms with Gasteiger partial charge in [0, 0.05) is 38.6 Å². The van der Waals surface area contributed by atoms with Crippen LogP contribution < -0.4 is 0 Å². The second-order valence-electron chi connectivity index (χ2n) is 16.0. The molecule has 302 valence electrons. The van der Waals surface area contributed by atoms with Gasteiger partial charge >= 0.3 is 0 Å². The highest BCUT2D eigenvalue weighted by Crippen LogP contribution is 2.46.